The van der Waals surface area contributed by atoms with Gasteiger partial charge in [-0.2, -0.15) is 0 Å². The molecular formula is C13H21N3O3. The maximum Gasteiger partial charge on any atom is 0.305 e. The van der Waals surface area contributed by atoms with Crippen LogP contribution in [0.4, 0.5) is 5.82 Å². The van der Waals surface area contributed by atoms with Crippen LogP contribution in [-0.4, -0.2) is 28.7 Å². The fourth-order valence-corrected chi connectivity index (χ4v) is 1.63. The quantitative estimate of drug-likeness (QED) is 0.600. The van der Waals surface area contributed by atoms with E-state index in [-0.39, 0.29) is 17.6 Å². The number of nitrogens with zero attached hydrogens (tertiary/aromatic N) is 2. The van der Waals surface area contributed by atoms with Gasteiger partial charge in [0.1, 0.15) is 0 Å². The molecule has 0 aromatic carbocycles. The highest BCUT2D eigenvalue weighted by molar-refractivity contribution is 5.69. The van der Waals surface area contributed by atoms with E-state index in [1.165, 1.54) is 0 Å². The Balaban J connectivity index is 2.48. The monoisotopic (exact) mass is 267 g/mol. The lowest BCUT2D eigenvalue weighted by Crippen LogP contribution is -2.26. The second kappa shape index (κ2) is 7.56. The van der Waals surface area contributed by atoms with Gasteiger partial charge in [0.2, 0.25) is 0 Å². The molecule has 0 spiro atoms. The summed E-state index contributed by atoms with van der Waals surface area (Å²) in [5, 5.41) is 2.95. The molecule has 1 heterocycles. The number of rotatable bonds is 7. The number of hydrogen-bond donors (Lipinski definition) is 1. The molecule has 0 unspecified atom stereocenters. The van der Waals surface area contributed by atoms with E-state index in [1.54, 1.807) is 23.9 Å². The van der Waals surface area contributed by atoms with Crippen LogP contribution < -0.4 is 10.9 Å². The van der Waals surface area contributed by atoms with Crippen molar-refractivity contribution in [1.82, 2.24) is 9.55 Å². The average Bonchev–Trinajstić information content (AvgIpc) is 2.36. The first kappa shape index (κ1) is 15.2. The van der Waals surface area contributed by atoms with Crippen LogP contribution in [0.2, 0.25) is 0 Å². The summed E-state index contributed by atoms with van der Waals surface area (Å²) in [4.78, 5) is 27.1. The van der Waals surface area contributed by atoms with Crippen LogP contribution in [0.1, 0.15) is 39.7 Å². The molecule has 0 fully saturated rings. The van der Waals surface area contributed by atoms with Gasteiger partial charge < -0.3 is 14.6 Å². The Morgan fingerprint density at radius 3 is 2.89 bits per heavy atom. The minimum absolute atomic E-state index is 0.0931. The summed E-state index contributed by atoms with van der Waals surface area (Å²) in [5.74, 6) is 0.102. The number of ether oxygens (including phenoxy) is 1. The van der Waals surface area contributed by atoms with Gasteiger partial charge in [0, 0.05) is 31.4 Å². The van der Waals surface area contributed by atoms with E-state index >= 15 is 0 Å². The van der Waals surface area contributed by atoms with Crippen molar-refractivity contribution in [3.8, 4) is 0 Å². The Kier molecular flexibility index (Phi) is 6.05. The van der Waals surface area contributed by atoms with Crippen LogP contribution in [0, 0.1) is 0 Å². The molecule has 0 radical (unpaired) electrons. The number of carbonyl (C=O) groups excluding carboxylic acids is 1. The predicted octanol–water partition coefficient (Wildman–Crippen LogP) is 1.58. The van der Waals surface area contributed by atoms with E-state index < -0.39 is 0 Å². The first-order valence-electron chi connectivity index (χ1n) is 6.53. The topological polar surface area (TPSA) is 73.2 Å². The van der Waals surface area contributed by atoms with Crippen molar-refractivity contribution in [1.29, 1.82) is 0 Å². The first-order valence-corrected chi connectivity index (χ1v) is 6.53. The molecule has 1 rings (SSSR count). The van der Waals surface area contributed by atoms with E-state index in [4.69, 9.17) is 4.74 Å². The highest BCUT2D eigenvalue weighted by atomic mass is 16.5. The Bertz CT molecular complexity index is 468. The largest absolute Gasteiger partial charge is 0.466 e. The van der Waals surface area contributed by atoms with Crippen molar-refractivity contribution in [2.24, 2.45) is 0 Å². The summed E-state index contributed by atoms with van der Waals surface area (Å²) >= 11 is 0. The highest BCUT2D eigenvalue weighted by Gasteiger charge is 2.07. The third kappa shape index (κ3) is 4.73. The molecule has 0 saturated heterocycles. The van der Waals surface area contributed by atoms with Crippen LogP contribution in [0.15, 0.2) is 17.2 Å². The molecule has 0 aliphatic rings. The SMILES string of the molecule is CCOC(=O)CCCNc1nccn(C(C)C)c1=O. The third-order valence-corrected chi connectivity index (χ3v) is 2.58. The van der Waals surface area contributed by atoms with E-state index in [2.05, 4.69) is 10.3 Å². The number of anilines is 1. The van der Waals surface area contributed by atoms with Gasteiger partial charge in [0.15, 0.2) is 5.82 Å². The smallest absolute Gasteiger partial charge is 0.305 e. The Morgan fingerprint density at radius 2 is 2.26 bits per heavy atom. The van der Waals surface area contributed by atoms with E-state index in [9.17, 15) is 9.59 Å². The molecule has 0 saturated carbocycles. The van der Waals surface area contributed by atoms with E-state index in [0.29, 0.717) is 31.8 Å². The zero-order valence-electron chi connectivity index (χ0n) is 11.7. The number of esters is 1. The highest BCUT2D eigenvalue weighted by Crippen LogP contribution is 2.02. The van der Waals surface area contributed by atoms with Crippen molar-refractivity contribution in [2.45, 2.75) is 39.7 Å². The lowest BCUT2D eigenvalue weighted by molar-refractivity contribution is -0.143. The van der Waals surface area contributed by atoms with Gasteiger partial charge in [-0.25, -0.2) is 4.98 Å². The zero-order chi connectivity index (χ0) is 14.3. The van der Waals surface area contributed by atoms with Gasteiger partial charge in [-0.05, 0) is 27.2 Å². The molecule has 0 aliphatic carbocycles. The van der Waals surface area contributed by atoms with Crippen LogP contribution in [0.3, 0.4) is 0 Å². The molecule has 19 heavy (non-hydrogen) atoms. The Labute approximate surface area is 112 Å². The first-order chi connectivity index (χ1) is 9.06. The van der Waals surface area contributed by atoms with Crippen molar-refractivity contribution in [2.75, 3.05) is 18.5 Å². The fraction of sp³-hybridized carbons (Fsp3) is 0.615. The molecule has 1 aromatic rings. The second-order valence-corrected chi connectivity index (χ2v) is 4.42. The number of hydrogen-bond acceptors (Lipinski definition) is 5. The standard InChI is InChI=1S/C13H21N3O3/c1-4-19-11(17)6-5-7-14-12-13(18)16(10(2)3)9-8-15-12/h8-10H,4-7H2,1-3H3,(H,14,15). The maximum atomic E-state index is 12.0. The molecule has 106 valence electrons. The summed E-state index contributed by atoms with van der Waals surface area (Å²) in [6.07, 6.45) is 4.20. The van der Waals surface area contributed by atoms with Crippen molar-refractivity contribution < 1.29 is 9.53 Å². The lowest BCUT2D eigenvalue weighted by Gasteiger charge is -2.11. The number of nitrogens with one attached hydrogen (secondary N) is 1. The van der Waals surface area contributed by atoms with E-state index in [0.717, 1.165) is 0 Å². The van der Waals surface area contributed by atoms with Gasteiger partial charge in [0.25, 0.3) is 5.56 Å². The molecule has 6 nitrogen and oxygen atoms in total. The Morgan fingerprint density at radius 1 is 1.53 bits per heavy atom. The molecule has 1 N–H and O–H groups in total. The van der Waals surface area contributed by atoms with Gasteiger partial charge in [-0.3, -0.25) is 9.59 Å². The Hall–Kier alpha value is -1.85. The second-order valence-electron chi connectivity index (χ2n) is 4.42. The molecule has 1 aromatic heterocycles. The fourth-order valence-electron chi connectivity index (χ4n) is 1.63. The molecule has 0 amide bonds. The summed E-state index contributed by atoms with van der Waals surface area (Å²) in [5.41, 5.74) is -0.145. The molecule has 0 bridgehead atoms. The lowest BCUT2D eigenvalue weighted by atomic mass is 10.3. The van der Waals surface area contributed by atoms with Crippen molar-refractivity contribution >= 4 is 11.8 Å². The van der Waals surface area contributed by atoms with Crippen LogP contribution in [0.5, 0.6) is 0 Å². The zero-order valence-corrected chi connectivity index (χ0v) is 11.7. The normalized spacial score (nSPS) is 10.5. The molecule has 6 heteroatoms. The number of carbonyl (C=O) groups is 1. The van der Waals surface area contributed by atoms with Gasteiger partial charge >= 0.3 is 5.97 Å². The molecule has 0 atom stereocenters. The third-order valence-electron chi connectivity index (χ3n) is 2.58. The van der Waals surface area contributed by atoms with Gasteiger partial charge in [-0.1, -0.05) is 0 Å². The van der Waals surface area contributed by atoms with Crippen molar-refractivity contribution in [3.05, 3.63) is 22.7 Å². The average molecular weight is 267 g/mol. The summed E-state index contributed by atoms with van der Waals surface area (Å²) < 4.78 is 6.43. The van der Waals surface area contributed by atoms with Gasteiger partial charge in [0.05, 0.1) is 6.61 Å². The molecular weight excluding hydrogens is 246 g/mol. The van der Waals surface area contributed by atoms with Crippen LogP contribution in [0.25, 0.3) is 0 Å². The summed E-state index contributed by atoms with van der Waals surface area (Å²) in [6, 6.07) is 0.0931. The minimum atomic E-state index is -0.218. The predicted molar refractivity (Wildman–Crippen MR) is 73.2 cm³/mol. The summed E-state index contributed by atoms with van der Waals surface area (Å²) in [7, 11) is 0. The van der Waals surface area contributed by atoms with Gasteiger partial charge in [-0.15, -0.1) is 0 Å². The number of aromatic nitrogens is 2. The van der Waals surface area contributed by atoms with Crippen LogP contribution >= 0.6 is 0 Å². The maximum absolute atomic E-state index is 12.0. The summed E-state index contributed by atoms with van der Waals surface area (Å²) in [6.45, 7) is 6.56. The molecule has 0 aliphatic heterocycles. The van der Waals surface area contributed by atoms with Crippen molar-refractivity contribution in [3.63, 3.8) is 0 Å². The minimum Gasteiger partial charge on any atom is -0.466 e. The van der Waals surface area contributed by atoms with Crippen LogP contribution in [-0.2, 0) is 9.53 Å². The van der Waals surface area contributed by atoms with E-state index in [1.807, 2.05) is 13.8 Å².